The molecule has 0 radical (unpaired) electrons. The van der Waals surface area contributed by atoms with E-state index in [2.05, 4.69) is 5.92 Å². The molecule has 1 heteroatoms. The molecule has 0 spiro atoms. The van der Waals surface area contributed by atoms with Crippen molar-refractivity contribution in [1.82, 2.24) is 0 Å². The average molecular weight is 138 g/mol. The van der Waals surface area contributed by atoms with Gasteiger partial charge in [-0.05, 0) is 33.6 Å². The quantitative estimate of drug-likeness (QED) is 0.503. The zero-order valence-corrected chi connectivity index (χ0v) is 6.90. The van der Waals surface area contributed by atoms with Gasteiger partial charge in [0.25, 0.3) is 0 Å². The summed E-state index contributed by atoms with van der Waals surface area (Å²) in [4.78, 5) is 0. The maximum Gasteiger partial charge on any atom is 0.129 e. The van der Waals surface area contributed by atoms with Gasteiger partial charge in [-0.25, -0.2) is 0 Å². The van der Waals surface area contributed by atoms with E-state index in [9.17, 15) is 0 Å². The maximum absolute atomic E-state index is 5.65. The molecule has 0 bridgehead atoms. The molecule has 0 saturated heterocycles. The van der Waals surface area contributed by atoms with E-state index < -0.39 is 0 Å². The van der Waals surface area contributed by atoms with Gasteiger partial charge in [0.1, 0.15) is 5.60 Å². The van der Waals surface area contributed by atoms with Crippen LogP contribution in [0.2, 0.25) is 0 Å². The van der Waals surface area contributed by atoms with Crippen LogP contribution in [0.25, 0.3) is 0 Å². The largest absolute Gasteiger partial charge is 0.357 e. The molecule has 0 unspecified atom stereocenters. The standard InChI is InChI=1S/C9H14O/c1-5-9(6-7-9)10-8(2,3)4/h1H,6-7H2,2-4H3. The van der Waals surface area contributed by atoms with Crippen LogP contribution in [0.4, 0.5) is 0 Å². The van der Waals surface area contributed by atoms with E-state index in [0.29, 0.717) is 0 Å². The molecular weight excluding hydrogens is 124 g/mol. The first-order valence-electron chi connectivity index (χ1n) is 3.65. The summed E-state index contributed by atoms with van der Waals surface area (Å²) in [5, 5.41) is 0. The number of hydrogen-bond acceptors (Lipinski definition) is 1. The Balaban J connectivity index is 2.48. The van der Waals surface area contributed by atoms with Gasteiger partial charge in [0.2, 0.25) is 0 Å². The maximum atomic E-state index is 5.65. The molecule has 0 aromatic carbocycles. The highest BCUT2D eigenvalue weighted by Crippen LogP contribution is 2.41. The highest BCUT2D eigenvalue weighted by atomic mass is 16.5. The monoisotopic (exact) mass is 138 g/mol. The van der Waals surface area contributed by atoms with Crippen molar-refractivity contribution >= 4 is 0 Å². The second-order valence-electron chi connectivity index (χ2n) is 3.85. The second kappa shape index (κ2) is 2.00. The lowest BCUT2D eigenvalue weighted by Crippen LogP contribution is -2.27. The number of terminal acetylenes is 1. The number of ether oxygens (including phenoxy) is 1. The highest BCUT2D eigenvalue weighted by molar-refractivity contribution is 5.19. The summed E-state index contributed by atoms with van der Waals surface area (Å²) < 4.78 is 5.65. The molecule has 0 aromatic rings. The van der Waals surface area contributed by atoms with Crippen LogP contribution >= 0.6 is 0 Å². The third-order valence-corrected chi connectivity index (χ3v) is 1.47. The van der Waals surface area contributed by atoms with Gasteiger partial charge in [0, 0.05) is 0 Å². The second-order valence-corrected chi connectivity index (χ2v) is 3.85. The fourth-order valence-corrected chi connectivity index (χ4v) is 0.975. The molecule has 0 amide bonds. The summed E-state index contributed by atoms with van der Waals surface area (Å²) in [7, 11) is 0. The molecule has 0 atom stereocenters. The van der Waals surface area contributed by atoms with Crippen molar-refractivity contribution in [2.75, 3.05) is 0 Å². The minimum atomic E-state index is -0.196. The van der Waals surface area contributed by atoms with Crippen LogP contribution < -0.4 is 0 Å². The first kappa shape index (κ1) is 7.63. The Labute approximate surface area is 62.8 Å². The van der Waals surface area contributed by atoms with Crippen molar-refractivity contribution in [1.29, 1.82) is 0 Å². The van der Waals surface area contributed by atoms with Crippen molar-refractivity contribution in [2.45, 2.75) is 44.8 Å². The number of rotatable bonds is 1. The Bertz CT molecular complexity index is 164. The van der Waals surface area contributed by atoms with Crippen LogP contribution in [0.5, 0.6) is 0 Å². The first-order chi connectivity index (χ1) is 4.47. The van der Waals surface area contributed by atoms with Gasteiger partial charge in [0.15, 0.2) is 0 Å². The summed E-state index contributed by atoms with van der Waals surface area (Å²) in [6.45, 7) is 6.10. The lowest BCUT2D eigenvalue weighted by Gasteiger charge is -2.23. The molecule has 1 nitrogen and oxygen atoms in total. The fraction of sp³-hybridized carbons (Fsp3) is 0.778. The predicted molar refractivity (Wildman–Crippen MR) is 41.6 cm³/mol. The molecule has 1 fully saturated rings. The Hall–Kier alpha value is -0.480. The molecule has 1 aliphatic carbocycles. The molecule has 0 aromatic heterocycles. The van der Waals surface area contributed by atoms with E-state index in [-0.39, 0.29) is 11.2 Å². The van der Waals surface area contributed by atoms with E-state index in [0.717, 1.165) is 12.8 Å². The fourth-order valence-electron chi connectivity index (χ4n) is 0.975. The Morgan fingerprint density at radius 3 is 2.00 bits per heavy atom. The van der Waals surface area contributed by atoms with E-state index in [1.54, 1.807) is 0 Å². The summed E-state index contributed by atoms with van der Waals surface area (Å²) in [5.74, 6) is 2.69. The van der Waals surface area contributed by atoms with E-state index >= 15 is 0 Å². The lowest BCUT2D eigenvalue weighted by molar-refractivity contribution is -0.0477. The smallest absolute Gasteiger partial charge is 0.129 e. The van der Waals surface area contributed by atoms with Crippen LogP contribution in [0.15, 0.2) is 0 Å². The zero-order chi connectivity index (χ0) is 7.83. The number of hydrogen-bond donors (Lipinski definition) is 0. The normalized spacial score (nSPS) is 21.8. The third-order valence-electron chi connectivity index (χ3n) is 1.47. The molecule has 1 rings (SSSR count). The molecule has 1 saturated carbocycles. The topological polar surface area (TPSA) is 9.23 Å². The Kier molecular flexibility index (Phi) is 1.53. The average Bonchev–Trinajstić information content (AvgIpc) is 2.45. The van der Waals surface area contributed by atoms with Crippen molar-refractivity contribution in [3.8, 4) is 12.3 Å². The summed E-state index contributed by atoms with van der Waals surface area (Å²) in [6.07, 6.45) is 7.36. The van der Waals surface area contributed by atoms with Crippen LogP contribution in [0.3, 0.4) is 0 Å². The summed E-state index contributed by atoms with van der Waals surface area (Å²) in [5.41, 5.74) is -0.291. The van der Waals surface area contributed by atoms with Crippen molar-refractivity contribution in [3.63, 3.8) is 0 Å². The zero-order valence-electron chi connectivity index (χ0n) is 6.90. The summed E-state index contributed by atoms with van der Waals surface area (Å²) in [6, 6.07) is 0. The molecule has 10 heavy (non-hydrogen) atoms. The molecule has 0 aliphatic heterocycles. The van der Waals surface area contributed by atoms with Crippen molar-refractivity contribution < 1.29 is 4.74 Å². The third kappa shape index (κ3) is 1.75. The minimum Gasteiger partial charge on any atom is -0.357 e. The minimum absolute atomic E-state index is 0.0944. The Morgan fingerprint density at radius 2 is 1.90 bits per heavy atom. The molecule has 0 N–H and O–H groups in total. The van der Waals surface area contributed by atoms with Gasteiger partial charge in [-0.2, -0.15) is 0 Å². The summed E-state index contributed by atoms with van der Waals surface area (Å²) >= 11 is 0. The molecular formula is C9H14O. The van der Waals surface area contributed by atoms with Crippen molar-refractivity contribution in [2.24, 2.45) is 0 Å². The van der Waals surface area contributed by atoms with Crippen LogP contribution in [-0.2, 0) is 4.74 Å². The molecule has 0 heterocycles. The lowest BCUT2D eigenvalue weighted by atomic mass is 10.2. The van der Waals surface area contributed by atoms with Gasteiger partial charge in [-0.15, -0.1) is 6.42 Å². The predicted octanol–water partition coefficient (Wildman–Crippen LogP) is 1.97. The Morgan fingerprint density at radius 1 is 1.40 bits per heavy atom. The van der Waals surface area contributed by atoms with Gasteiger partial charge in [-0.1, -0.05) is 5.92 Å². The van der Waals surface area contributed by atoms with Gasteiger partial charge in [-0.3, -0.25) is 0 Å². The first-order valence-corrected chi connectivity index (χ1v) is 3.65. The van der Waals surface area contributed by atoms with Gasteiger partial charge >= 0.3 is 0 Å². The van der Waals surface area contributed by atoms with Crippen LogP contribution in [0.1, 0.15) is 33.6 Å². The SMILES string of the molecule is C#CC1(OC(C)(C)C)CC1. The highest BCUT2D eigenvalue weighted by Gasteiger charge is 2.45. The van der Waals surface area contributed by atoms with E-state index in [4.69, 9.17) is 11.2 Å². The van der Waals surface area contributed by atoms with Gasteiger partial charge in [0.05, 0.1) is 5.60 Å². The van der Waals surface area contributed by atoms with E-state index in [1.807, 2.05) is 20.8 Å². The van der Waals surface area contributed by atoms with Crippen molar-refractivity contribution in [3.05, 3.63) is 0 Å². The van der Waals surface area contributed by atoms with Crippen LogP contribution in [0, 0.1) is 12.3 Å². The van der Waals surface area contributed by atoms with Crippen LogP contribution in [-0.4, -0.2) is 11.2 Å². The molecule has 1 aliphatic rings. The van der Waals surface area contributed by atoms with Gasteiger partial charge < -0.3 is 4.74 Å². The van der Waals surface area contributed by atoms with E-state index in [1.165, 1.54) is 0 Å². The molecule has 56 valence electrons.